The first-order valence-corrected chi connectivity index (χ1v) is 6.83. The second-order valence-electron chi connectivity index (χ2n) is 5.16. The van der Waals surface area contributed by atoms with Crippen LogP contribution in [0.1, 0.15) is 0 Å². The molecule has 3 aromatic heterocycles. The van der Waals surface area contributed by atoms with E-state index in [0.29, 0.717) is 30.2 Å². The second-order valence-corrected chi connectivity index (χ2v) is 5.16. The van der Waals surface area contributed by atoms with E-state index in [1.807, 2.05) is 28.9 Å². The maximum atomic E-state index is 12.1. The van der Waals surface area contributed by atoms with Crippen molar-refractivity contribution in [3.05, 3.63) is 39.3 Å². The smallest absolute Gasteiger partial charge is 0.332 e. The SMILES string of the molecule is CN(CCn1cccn1)c1nc2c([nH]1)c(=O)n(C)c(=O)n2C. The topological polar surface area (TPSA) is 93.7 Å². The van der Waals surface area contributed by atoms with Gasteiger partial charge in [0.25, 0.3) is 5.56 Å². The lowest BCUT2D eigenvalue weighted by atomic mass is 10.5. The molecule has 0 atom stereocenters. The fourth-order valence-corrected chi connectivity index (χ4v) is 2.29. The molecule has 0 aliphatic rings. The van der Waals surface area contributed by atoms with Gasteiger partial charge in [0.2, 0.25) is 5.95 Å². The number of fused-ring (bicyclic) bond motifs is 1. The minimum Gasteiger partial charge on any atom is -0.344 e. The van der Waals surface area contributed by atoms with Crippen molar-refractivity contribution in [3.8, 4) is 0 Å². The van der Waals surface area contributed by atoms with E-state index in [0.717, 1.165) is 4.57 Å². The first-order chi connectivity index (χ1) is 10.5. The van der Waals surface area contributed by atoms with E-state index < -0.39 is 5.69 Å². The first-order valence-electron chi connectivity index (χ1n) is 6.83. The molecule has 0 fully saturated rings. The van der Waals surface area contributed by atoms with E-state index in [9.17, 15) is 9.59 Å². The van der Waals surface area contributed by atoms with Crippen molar-refractivity contribution in [2.24, 2.45) is 14.1 Å². The Labute approximate surface area is 125 Å². The van der Waals surface area contributed by atoms with Gasteiger partial charge in [-0.15, -0.1) is 0 Å². The number of imidazole rings is 1. The maximum absolute atomic E-state index is 12.1. The van der Waals surface area contributed by atoms with Crippen molar-refractivity contribution >= 4 is 17.1 Å². The summed E-state index contributed by atoms with van der Waals surface area (Å²) in [4.78, 5) is 33.3. The molecule has 0 aliphatic heterocycles. The zero-order chi connectivity index (χ0) is 15.9. The largest absolute Gasteiger partial charge is 0.344 e. The molecule has 3 rings (SSSR count). The number of anilines is 1. The molecule has 1 N–H and O–H groups in total. The first kappa shape index (κ1) is 14.1. The van der Waals surface area contributed by atoms with Crippen LogP contribution in [-0.2, 0) is 20.6 Å². The normalized spacial score (nSPS) is 11.2. The van der Waals surface area contributed by atoms with Gasteiger partial charge in [0.15, 0.2) is 11.2 Å². The Bertz CT molecular complexity index is 916. The number of rotatable bonds is 4. The van der Waals surface area contributed by atoms with Crippen LogP contribution in [0.15, 0.2) is 28.0 Å². The molecule has 0 amide bonds. The number of aromatic amines is 1. The zero-order valence-corrected chi connectivity index (χ0v) is 12.6. The molecule has 0 bridgehead atoms. The van der Waals surface area contributed by atoms with Gasteiger partial charge in [-0.3, -0.25) is 18.6 Å². The standard InChI is InChI=1S/C13H17N7O2/c1-17(7-8-20-6-4-5-14-20)12-15-9-10(16-12)18(2)13(22)19(3)11(9)21/h4-6H,7-8H2,1-3H3,(H,15,16). The van der Waals surface area contributed by atoms with Crippen molar-refractivity contribution in [1.82, 2.24) is 28.9 Å². The Balaban J connectivity index is 1.95. The highest BCUT2D eigenvalue weighted by molar-refractivity contribution is 5.72. The summed E-state index contributed by atoms with van der Waals surface area (Å²) < 4.78 is 4.24. The number of aryl methyl sites for hydroxylation is 1. The van der Waals surface area contributed by atoms with Crippen LogP contribution in [0.4, 0.5) is 5.95 Å². The molecule has 0 unspecified atom stereocenters. The molecule has 3 aromatic rings. The summed E-state index contributed by atoms with van der Waals surface area (Å²) in [6, 6.07) is 1.86. The van der Waals surface area contributed by atoms with Gasteiger partial charge >= 0.3 is 5.69 Å². The number of nitrogens with one attached hydrogen (secondary N) is 1. The molecular formula is C13H17N7O2. The van der Waals surface area contributed by atoms with E-state index in [-0.39, 0.29) is 5.56 Å². The minimum absolute atomic E-state index is 0.325. The Morgan fingerprint density at radius 2 is 2.05 bits per heavy atom. The van der Waals surface area contributed by atoms with Gasteiger partial charge in [-0.25, -0.2) is 4.79 Å². The van der Waals surface area contributed by atoms with E-state index >= 15 is 0 Å². The summed E-state index contributed by atoms with van der Waals surface area (Å²) in [6.07, 6.45) is 3.60. The van der Waals surface area contributed by atoms with E-state index in [1.54, 1.807) is 13.2 Å². The summed E-state index contributed by atoms with van der Waals surface area (Å²) in [5.41, 5.74) is -0.0911. The van der Waals surface area contributed by atoms with Crippen LogP contribution in [0, 0.1) is 0 Å². The van der Waals surface area contributed by atoms with E-state index in [4.69, 9.17) is 0 Å². The average Bonchev–Trinajstić information content (AvgIpc) is 3.17. The summed E-state index contributed by atoms with van der Waals surface area (Å²) in [6.45, 7) is 1.35. The molecule has 9 nitrogen and oxygen atoms in total. The number of nitrogens with zero attached hydrogens (tertiary/aromatic N) is 6. The Morgan fingerprint density at radius 3 is 2.73 bits per heavy atom. The molecule has 0 radical (unpaired) electrons. The number of hydrogen-bond donors (Lipinski definition) is 1. The third-order valence-electron chi connectivity index (χ3n) is 3.67. The van der Waals surface area contributed by atoms with Gasteiger partial charge in [-0.2, -0.15) is 10.1 Å². The van der Waals surface area contributed by atoms with Crippen LogP contribution < -0.4 is 16.1 Å². The second kappa shape index (κ2) is 5.17. The lowest BCUT2D eigenvalue weighted by Gasteiger charge is -2.15. The van der Waals surface area contributed by atoms with Crippen molar-refractivity contribution in [2.45, 2.75) is 6.54 Å². The Hall–Kier alpha value is -2.84. The van der Waals surface area contributed by atoms with Gasteiger partial charge in [0.05, 0.1) is 6.54 Å². The predicted octanol–water partition coefficient (Wildman–Crippen LogP) is -0.707. The lowest BCUT2D eigenvalue weighted by Crippen LogP contribution is -2.36. The number of hydrogen-bond acceptors (Lipinski definition) is 5. The molecule has 0 spiro atoms. The highest BCUT2D eigenvalue weighted by atomic mass is 16.2. The predicted molar refractivity (Wildman–Crippen MR) is 82.1 cm³/mol. The van der Waals surface area contributed by atoms with Crippen molar-refractivity contribution < 1.29 is 0 Å². The molecular weight excluding hydrogens is 286 g/mol. The summed E-state index contributed by atoms with van der Waals surface area (Å²) in [7, 11) is 4.91. The lowest BCUT2D eigenvalue weighted by molar-refractivity contribution is 0.608. The molecule has 0 aliphatic carbocycles. The maximum Gasteiger partial charge on any atom is 0.332 e. The fourth-order valence-electron chi connectivity index (χ4n) is 2.29. The molecule has 0 saturated carbocycles. The van der Waals surface area contributed by atoms with Crippen molar-refractivity contribution in [3.63, 3.8) is 0 Å². The quantitative estimate of drug-likeness (QED) is 0.687. The minimum atomic E-state index is -0.394. The van der Waals surface area contributed by atoms with Crippen LogP contribution in [0.2, 0.25) is 0 Å². The third-order valence-corrected chi connectivity index (χ3v) is 3.67. The highest BCUT2D eigenvalue weighted by Gasteiger charge is 2.15. The van der Waals surface area contributed by atoms with Crippen molar-refractivity contribution in [2.75, 3.05) is 18.5 Å². The van der Waals surface area contributed by atoms with Crippen LogP contribution in [-0.4, -0.2) is 42.5 Å². The fraction of sp³-hybridized carbons (Fsp3) is 0.385. The van der Waals surface area contributed by atoms with Crippen LogP contribution in [0.3, 0.4) is 0 Å². The molecule has 0 saturated heterocycles. The molecule has 116 valence electrons. The van der Waals surface area contributed by atoms with E-state index in [2.05, 4.69) is 15.1 Å². The van der Waals surface area contributed by atoms with Crippen LogP contribution in [0.5, 0.6) is 0 Å². The van der Waals surface area contributed by atoms with E-state index in [1.165, 1.54) is 11.6 Å². The van der Waals surface area contributed by atoms with Gasteiger partial charge < -0.3 is 9.88 Å². The average molecular weight is 303 g/mol. The van der Waals surface area contributed by atoms with Crippen LogP contribution >= 0.6 is 0 Å². The monoisotopic (exact) mass is 303 g/mol. The van der Waals surface area contributed by atoms with Crippen molar-refractivity contribution in [1.29, 1.82) is 0 Å². The number of likely N-dealkylation sites (N-methyl/N-ethyl adjacent to an activating group) is 1. The molecule has 22 heavy (non-hydrogen) atoms. The highest BCUT2D eigenvalue weighted by Crippen LogP contribution is 2.11. The van der Waals surface area contributed by atoms with Gasteiger partial charge in [-0.1, -0.05) is 0 Å². The summed E-state index contributed by atoms with van der Waals surface area (Å²) in [5.74, 6) is 0.542. The van der Waals surface area contributed by atoms with Gasteiger partial charge in [0, 0.05) is 40.1 Å². The van der Waals surface area contributed by atoms with Gasteiger partial charge in [0.1, 0.15) is 0 Å². The number of H-pyrrole nitrogens is 1. The van der Waals surface area contributed by atoms with Gasteiger partial charge in [-0.05, 0) is 6.07 Å². The zero-order valence-electron chi connectivity index (χ0n) is 12.6. The molecule has 0 aromatic carbocycles. The molecule has 9 heteroatoms. The number of aromatic nitrogens is 6. The summed E-state index contributed by atoms with van der Waals surface area (Å²) in [5, 5.41) is 4.14. The Morgan fingerprint density at radius 1 is 1.27 bits per heavy atom. The van der Waals surface area contributed by atoms with Crippen LogP contribution in [0.25, 0.3) is 11.2 Å². The molecule has 3 heterocycles. The third kappa shape index (κ3) is 2.20. The summed E-state index contributed by atoms with van der Waals surface area (Å²) >= 11 is 0. The Kier molecular flexibility index (Phi) is 3.32.